The zero-order valence-electron chi connectivity index (χ0n) is 20.4. The number of primary amides is 1. The second-order valence-electron chi connectivity index (χ2n) is 8.66. The van der Waals surface area contributed by atoms with Gasteiger partial charge >= 0.3 is 6.03 Å². The number of rotatable bonds is 12. The molecule has 0 aliphatic heterocycles. The number of aliphatic hydroxyl groups excluding tert-OH is 1. The van der Waals surface area contributed by atoms with Crippen molar-refractivity contribution in [2.75, 3.05) is 17.6 Å². The number of carbonyl (C=O) groups excluding carboxylic acids is 4. The molecule has 0 saturated heterocycles. The van der Waals surface area contributed by atoms with Crippen molar-refractivity contribution in [2.45, 2.75) is 45.4 Å². The molecular weight excluding hydrogens is 464 g/mol. The minimum absolute atomic E-state index is 0.127. The van der Waals surface area contributed by atoms with Crippen molar-refractivity contribution in [3.8, 4) is 0 Å². The Morgan fingerprint density at radius 3 is 2.11 bits per heavy atom. The van der Waals surface area contributed by atoms with Gasteiger partial charge in [-0.2, -0.15) is 0 Å². The largest absolute Gasteiger partial charge is 0.399 e. The highest BCUT2D eigenvalue weighted by molar-refractivity contribution is 6.00. The lowest BCUT2D eigenvalue weighted by Gasteiger charge is -2.25. The van der Waals surface area contributed by atoms with E-state index in [9.17, 15) is 24.3 Å². The molecule has 2 aromatic carbocycles. The van der Waals surface area contributed by atoms with E-state index in [1.807, 2.05) is 0 Å². The first-order valence-electron chi connectivity index (χ1n) is 11.6. The van der Waals surface area contributed by atoms with Crippen LogP contribution in [0.15, 0.2) is 48.5 Å². The summed E-state index contributed by atoms with van der Waals surface area (Å²) in [5.74, 6) is -1.70. The van der Waals surface area contributed by atoms with Gasteiger partial charge in [-0.3, -0.25) is 14.4 Å². The number of nitrogens with two attached hydrogens (primary N) is 2. The van der Waals surface area contributed by atoms with Crippen molar-refractivity contribution < 1.29 is 24.3 Å². The van der Waals surface area contributed by atoms with Gasteiger partial charge in [-0.25, -0.2) is 4.79 Å². The van der Waals surface area contributed by atoms with Gasteiger partial charge in [0.05, 0.1) is 6.61 Å². The SMILES string of the molecule is CC(C)C(NC(=O)c1ccc(N)cc1)C(=O)N[C@@H](CCCNC(N)=O)C(=O)Nc1ccc(CO)cc1. The quantitative estimate of drug-likeness (QED) is 0.169. The van der Waals surface area contributed by atoms with Gasteiger partial charge in [-0.05, 0) is 60.7 Å². The highest BCUT2D eigenvalue weighted by Gasteiger charge is 2.29. The number of nitrogen functional groups attached to an aromatic ring is 1. The molecule has 0 bridgehead atoms. The summed E-state index contributed by atoms with van der Waals surface area (Å²) in [6, 6.07) is 10.4. The molecule has 0 aliphatic rings. The van der Waals surface area contributed by atoms with Crippen LogP contribution in [0, 0.1) is 5.92 Å². The minimum Gasteiger partial charge on any atom is -0.399 e. The molecule has 0 aromatic heterocycles. The van der Waals surface area contributed by atoms with E-state index in [1.54, 1.807) is 62.4 Å². The fraction of sp³-hybridized carbons (Fsp3) is 0.360. The summed E-state index contributed by atoms with van der Waals surface area (Å²) in [6.07, 6.45) is 0.582. The third-order valence-electron chi connectivity index (χ3n) is 5.41. The summed E-state index contributed by atoms with van der Waals surface area (Å²) < 4.78 is 0. The number of urea groups is 1. The summed E-state index contributed by atoms with van der Waals surface area (Å²) in [7, 11) is 0. The number of carbonyl (C=O) groups is 4. The molecule has 2 aromatic rings. The van der Waals surface area contributed by atoms with Crippen LogP contribution in [0.3, 0.4) is 0 Å². The predicted molar refractivity (Wildman–Crippen MR) is 137 cm³/mol. The Balaban J connectivity index is 2.12. The Morgan fingerprint density at radius 2 is 1.56 bits per heavy atom. The first kappa shape index (κ1) is 28.1. The van der Waals surface area contributed by atoms with Gasteiger partial charge in [-0.15, -0.1) is 0 Å². The van der Waals surface area contributed by atoms with E-state index in [1.165, 1.54) is 0 Å². The fourth-order valence-corrected chi connectivity index (χ4v) is 3.36. The zero-order valence-corrected chi connectivity index (χ0v) is 20.4. The molecule has 11 heteroatoms. The maximum atomic E-state index is 13.2. The van der Waals surface area contributed by atoms with Gasteiger partial charge in [0.1, 0.15) is 12.1 Å². The van der Waals surface area contributed by atoms with E-state index < -0.39 is 35.8 Å². The van der Waals surface area contributed by atoms with Gasteiger partial charge in [0.25, 0.3) is 5.91 Å². The maximum absolute atomic E-state index is 13.2. The average Bonchev–Trinajstić information content (AvgIpc) is 2.84. The van der Waals surface area contributed by atoms with Crippen LogP contribution >= 0.6 is 0 Å². The van der Waals surface area contributed by atoms with Crippen LogP contribution in [0.5, 0.6) is 0 Å². The van der Waals surface area contributed by atoms with Gasteiger partial charge in [0, 0.05) is 23.5 Å². The molecule has 5 amide bonds. The molecule has 0 fully saturated rings. The number of benzene rings is 2. The lowest BCUT2D eigenvalue weighted by Crippen LogP contribution is -2.54. The van der Waals surface area contributed by atoms with E-state index in [0.29, 0.717) is 28.9 Å². The third-order valence-corrected chi connectivity index (χ3v) is 5.41. The van der Waals surface area contributed by atoms with Crippen molar-refractivity contribution in [1.82, 2.24) is 16.0 Å². The van der Waals surface area contributed by atoms with E-state index in [-0.39, 0.29) is 25.5 Å². The summed E-state index contributed by atoms with van der Waals surface area (Å²) in [6.45, 7) is 3.66. The fourth-order valence-electron chi connectivity index (χ4n) is 3.36. The molecule has 0 spiro atoms. The molecule has 1 unspecified atom stereocenters. The molecule has 0 aliphatic carbocycles. The van der Waals surface area contributed by atoms with Crippen molar-refractivity contribution in [1.29, 1.82) is 0 Å². The average molecular weight is 499 g/mol. The summed E-state index contributed by atoms with van der Waals surface area (Å²) in [5, 5.41) is 19.8. The minimum atomic E-state index is -0.945. The van der Waals surface area contributed by atoms with E-state index >= 15 is 0 Å². The number of amides is 5. The lowest BCUT2D eigenvalue weighted by molar-refractivity contribution is -0.128. The van der Waals surface area contributed by atoms with Crippen molar-refractivity contribution in [3.05, 3.63) is 59.7 Å². The Labute approximate surface area is 210 Å². The molecule has 2 rings (SSSR count). The smallest absolute Gasteiger partial charge is 0.312 e. The molecular formula is C25H34N6O5. The second-order valence-corrected chi connectivity index (χ2v) is 8.66. The number of aliphatic hydroxyl groups is 1. The number of hydrogen-bond acceptors (Lipinski definition) is 6. The Kier molecular flexibility index (Phi) is 10.7. The topological polar surface area (TPSA) is 189 Å². The Hall–Kier alpha value is -4.12. The second kappa shape index (κ2) is 13.7. The molecule has 194 valence electrons. The molecule has 9 N–H and O–H groups in total. The predicted octanol–water partition coefficient (Wildman–Crippen LogP) is 1.09. The molecule has 0 radical (unpaired) electrons. The standard InChI is InChI=1S/C25H34N6O5/c1-15(2)21(31-22(33)17-7-9-18(26)10-8-17)24(35)30-20(4-3-13-28-25(27)36)23(34)29-19-11-5-16(14-32)6-12-19/h5-12,15,20-21,32H,3-4,13-14,26H2,1-2H3,(H,29,34)(H,30,35)(H,31,33)(H3,27,28,36)/t20-,21?/m0/s1. The van der Waals surface area contributed by atoms with Gasteiger partial charge in [0.2, 0.25) is 11.8 Å². The third kappa shape index (κ3) is 8.91. The van der Waals surface area contributed by atoms with Crippen molar-refractivity contribution in [3.63, 3.8) is 0 Å². The molecule has 0 heterocycles. The lowest BCUT2D eigenvalue weighted by atomic mass is 10.0. The van der Waals surface area contributed by atoms with Crippen LogP contribution in [0.25, 0.3) is 0 Å². The van der Waals surface area contributed by atoms with E-state index in [2.05, 4.69) is 21.3 Å². The Bertz CT molecular complexity index is 1040. The zero-order chi connectivity index (χ0) is 26.7. The van der Waals surface area contributed by atoms with Crippen LogP contribution in [0.2, 0.25) is 0 Å². The summed E-state index contributed by atoms with van der Waals surface area (Å²) in [4.78, 5) is 49.8. The number of hydrogen-bond donors (Lipinski definition) is 7. The first-order valence-corrected chi connectivity index (χ1v) is 11.6. The van der Waals surface area contributed by atoms with Crippen LogP contribution in [0.4, 0.5) is 16.2 Å². The van der Waals surface area contributed by atoms with E-state index in [4.69, 9.17) is 11.5 Å². The number of anilines is 2. The van der Waals surface area contributed by atoms with E-state index in [0.717, 1.165) is 0 Å². The molecule has 36 heavy (non-hydrogen) atoms. The summed E-state index contributed by atoms with van der Waals surface area (Å²) >= 11 is 0. The number of nitrogens with one attached hydrogen (secondary N) is 4. The highest BCUT2D eigenvalue weighted by Crippen LogP contribution is 2.12. The monoisotopic (exact) mass is 498 g/mol. The normalized spacial score (nSPS) is 12.3. The molecule has 11 nitrogen and oxygen atoms in total. The first-order chi connectivity index (χ1) is 17.1. The van der Waals surface area contributed by atoms with Crippen LogP contribution in [-0.4, -0.2) is 47.5 Å². The van der Waals surface area contributed by atoms with Gasteiger partial charge in [0.15, 0.2) is 0 Å². The van der Waals surface area contributed by atoms with Crippen LogP contribution < -0.4 is 32.7 Å². The van der Waals surface area contributed by atoms with Gasteiger partial charge < -0.3 is 37.8 Å². The van der Waals surface area contributed by atoms with Crippen molar-refractivity contribution in [2.24, 2.45) is 11.7 Å². The van der Waals surface area contributed by atoms with Gasteiger partial charge in [-0.1, -0.05) is 26.0 Å². The van der Waals surface area contributed by atoms with Crippen LogP contribution in [0.1, 0.15) is 42.6 Å². The van der Waals surface area contributed by atoms with Crippen LogP contribution in [-0.2, 0) is 16.2 Å². The highest BCUT2D eigenvalue weighted by atomic mass is 16.3. The van der Waals surface area contributed by atoms with Crippen molar-refractivity contribution >= 4 is 35.1 Å². The molecule has 0 saturated carbocycles. The summed E-state index contributed by atoms with van der Waals surface area (Å²) in [5.41, 5.74) is 12.8. The Morgan fingerprint density at radius 1 is 0.917 bits per heavy atom. The molecule has 2 atom stereocenters. The maximum Gasteiger partial charge on any atom is 0.312 e.